The summed E-state index contributed by atoms with van der Waals surface area (Å²) < 4.78 is 5.14. The van der Waals surface area contributed by atoms with Crippen LogP contribution in [0, 0.1) is 5.92 Å². The van der Waals surface area contributed by atoms with E-state index in [0.717, 1.165) is 24.2 Å². The van der Waals surface area contributed by atoms with Crippen LogP contribution in [-0.4, -0.2) is 42.8 Å². The molecule has 1 unspecified atom stereocenters. The van der Waals surface area contributed by atoms with E-state index in [-0.39, 0.29) is 6.03 Å². The van der Waals surface area contributed by atoms with E-state index in [4.69, 9.17) is 4.74 Å². The second-order valence-corrected chi connectivity index (χ2v) is 5.30. The van der Waals surface area contributed by atoms with Crippen molar-refractivity contribution in [2.75, 3.05) is 20.7 Å². The minimum absolute atomic E-state index is 0.174. The zero-order valence-corrected chi connectivity index (χ0v) is 12.0. The molecule has 1 fully saturated rings. The van der Waals surface area contributed by atoms with Gasteiger partial charge in [-0.05, 0) is 36.5 Å². The monoisotopic (exact) mass is 278 g/mol. The molecule has 5 heteroatoms. The number of methoxy groups -OCH3 is 1. The highest BCUT2D eigenvalue weighted by molar-refractivity contribution is 5.73. The van der Waals surface area contributed by atoms with Gasteiger partial charge < -0.3 is 20.1 Å². The number of benzene rings is 1. The molecule has 5 nitrogen and oxygen atoms in total. The Kier molecular flexibility index (Phi) is 4.84. The van der Waals surface area contributed by atoms with Gasteiger partial charge in [0.15, 0.2) is 0 Å². The standard InChI is InChI=1S/C15H22N2O3/c1-17(10-14(18)12-6-7-12)15(19)16-9-11-4-3-5-13(8-11)20-2/h3-5,8,12,14,18H,6-7,9-10H2,1-2H3,(H,16,19). The summed E-state index contributed by atoms with van der Waals surface area (Å²) >= 11 is 0. The van der Waals surface area contributed by atoms with Gasteiger partial charge in [-0.2, -0.15) is 0 Å². The fourth-order valence-electron chi connectivity index (χ4n) is 2.09. The van der Waals surface area contributed by atoms with Crippen LogP contribution in [0.2, 0.25) is 0 Å². The highest BCUT2D eigenvalue weighted by atomic mass is 16.5. The average Bonchev–Trinajstić information content (AvgIpc) is 3.29. The maximum Gasteiger partial charge on any atom is 0.317 e. The second-order valence-electron chi connectivity index (χ2n) is 5.30. The molecule has 1 aliphatic carbocycles. The number of rotatable bonds is 6. The predicted molar refractivity (Wildman–Crippen MR) is 76.6 cm³/mol. The van der Waals surface area contributed by atoms with Gasteiger partial charge in [0, 0.05) is 20.1 Å². The van der Waals surface area contributed by atoms with Gasteiger partial charge in [-0.1, -0.05) is 12.1 Å². The molecule has 2 N–H and O–H groups in total. The van der Waals surface area contributed by atoms with Crippen LogP contribution in [0.3, 0.4) is 0 Å². The maximum absolute atomic E-state index is 11.9. The number of hydrogen-bond acceptors (Lipinski definition) is 3. The normalized spacial score (nSPS) is 15.6. The summed E-state index contributed by atoms with van der Waals surface area (Å²) in [5, 5.41) is 12.7. The van der Waals surface area contributed by atoms with Crippen molar-refractivity contribution in [2.24, 2.45) is 5.92 Å². The molecule has 0 aromatic heterocycles. The Morgan fingerprint density at radius 1 is 1.55 bits per heavy atom. The summed E-state index contributed by atoms with van der Waals surface area (Å²) in [6, 6.07) is 7.40. The van der Waals surface area contributed by atoms with Crippen molar-refractivity contribution >= 4 is 6.03 Å². The minimum Gasteiger partial charge on any atom is -0.497 e. The third-order valence-corrected chi connectivity index (χ3v) is 3.55. The molecule has 0 saturated heterocycles. The molecule has 1 saturated carbocycles. The third-order valence-electron chi connectivity index (χ3n) is 3.55. The molecule has 0 radical (unpaired) electrons. The number of carbonyl (C=O) groups excluding carboxylic acids is 1. The number of likely N-dealkylation sites (N-methyl/N-ethyl adjacent to an activating group) is 1. The Morgan fingerprint density at radius 3 is 2.95 bits per heavy atom. The number of carbonyl (C=O) groups is 1. The number of nitrogens with zero attached hydrogens (tertiary/aromatic N) is 1. The lowest BCUT2D eigenvalue weighted by molar-refractivity contribution is 0.113. The van der Waals surface area contributed by atoms with Crippen molar-refractivity contribution in [2.45, 2.75) is 25.5 Å². The summed E-state index contributed by atoms with van der Waals surface area (Å²) in [6.45, 7) is 0.828. The first-order valence-electron chi connectivity index (χ1n) is 6.90. The molecule has 20 heavy (non-hydrogen) atoms. The van der Waals surface area contributed by atoms with Gasteiger partial charge >= 0.3 is 6.03 Å². The largest absolute Gasteiger partial charge is 0.497 e. The van der Waals surface area contributed by atoms with Gasteiger partial charge in [0.2, 0.25) is 0 Å². The quantitative estimate of drug-likeness (QED) is 0.831. The minimum atomic E-state index is -0.400. The van der Waals surface area contributed by atoms with Crippen LogP contribution in [0.4, 0.5) is 4.79 Å². The molecule has 0 bridgehead atoms. The van der Waals surface area contributed by atoms with Crippen molar-refractivity contribution in [1.29, 1.82) is 0 Å². The zero-order chi connectivity index (χ0) is 14.5. The topological polar surface area (TPSA) is 61.8 Å². The number of amides is 2. The third kappa shape index (κ3) is 4.13. The summed E-state index contributed by atoms with van der Waals surface area (Å²) in [4.78, 5) is 13.5. The van der Waals surface area contributed by atoms with E-state index in [1.165, 1.54) is 4.90 Å². The molecular weight excluding hydrogens is 256 g/mol. The Morgan fingerprint density at radius 2 is 2.30 bits per heavy atom. The van der Waals surface area contributed by atoms with E-state index in [0.29, 0.717) is 19.0 Å². The molecule has 1 aliphatic rings. The van der Waals surface area contributed by atoms with E-state index in [1.54, 1.807) is 14.2 Å². The summed E-state index contributed by atoms with van der Waals surface area (Å²) in [6.07, 6.45) is 1.74. The van der Waals surface area contributed by atoms with E-state index < -0.39 is 6.10 Å². The Balaban J connectivity index is 1.78. The van der Waals surface area contributed by atoms with E-state index >= 15 is 0 Å². The molecule has 0 spiro atoms. The molecule has 1 atom stereocenters. The lowest BCUT2D eigenvalue weighted by Crippen LogP contribution is -2.41. The van der Waals surface area contributed by atoms with Crippen LogP contribution >= 0.6 is 0 Å². The first-order chi connectivity index (χ1) is 9.60. The van der Waals surface area contributed by atoms with Crippen LogP contribution in [0.15, 0.2) is 24.3 Å². The Bertz CT molecular complexity index is 460. The lowest BCUT2D eigenvalue weighted by atomic mass is 10.2. The highest BCUT2D eigenvalue weighted by Gasteiger charge is 2.31. The molecule has 2 rings (SSSR count). The second kappa shape index (κ2) is 6.61. The molecule has 1 aromatic rings. The van der Waals surface area contributed by atoms with Crippen molar-refractivity contribution in [3.8, 4) is 5.75 Å². The van der Waals surface area contributed by atoms with E-state index in [2.05, 4.69) is 5.32 Å². The van der Waals surface area contributed by atoms with E-state index in [1.807, 2.05) is 24.3 Å². The van der Waals surface area contributed by atoms with Crippen molar-refractivity contribution in [3.05, 3.63) is 29.8 Å². The van der Waals surface area contributed by atoms with Gasteiger partial charge in [0.1, 0.15) is 5.75 Å². The highest BCUT2D eigenvalue weighted by Crippen LogP contribution is 2.32. The van der Waals surface area contributed by atoms with Crippen molar-refractivity contribution in [3.63, 3.8) is 0 Å². The first-order valence-corrected chi connectivity index (χ1v) is 6.90. The van der Waals surface area contributed by atoms with Crippen LogP contribution in [-0.2, 0) is 6.54 Å². The fraction of sp³-hybridized carbons (Fsp3) is 0.533. The van der Waals surface area contributed by atoms with Gasteiger partial charge in [0.05, 0.1) is 13.2 Å². The number of aliphatic hydroxyl groups excluding tert-OH is 1. The van der Waals surface area contributed by atoms with Crippen molar-refractivity contribution < 1.29 is 14.6 Å². The lowest BCUT2D eigenvalue weighted by Gasteiger charge is -2.21. The Hall–Kier alpha value is -1.75. The average molecular weight is 278 g/mol. The van der Waals surface area contributed by atoms with Crippen LogP contribution in [0.5, 0.6) is 5.75 Å². The molecule has 110 valence electrons. The summed E-state index contributed by atoms with van der Waals surface area (Å²) in [5.74, 6) is 1.15. The van der Waals surface area contributed by atoms with Crippen LogP contribution < -0.4 is 10.1 Å². The Labute approximate surface area is 119 Å². The molecule has 0 heterocycles. The fourth-order valence-corrected chi connectivity index (χ4v) is 2.09. The summed E-state index contributed by atoms with van der Waals surface area (Å²) in [7, 11) is 3.32. The van der Waals surface area contributed by atoms with Gasteiger partial charge in [-0.3, -0.25) is 0 Å². The number of nitrogens with one attached hydrogen (secondary N) is 1. The number of ether oxygens (including phenoxy) is 1. The van der Waals surface area contributed by atoms with E-state index in [9.17, 15) is 9.90 Å². The molecular formula is C15H22N2O3. The summed E-state index contributed by atoms with van der Waals surface area (Å²) in [5.41, 5.74) is 0.980. The smallest absolute Gasteiger partial charge is 0.317 e. The number of hydrogen-bond donors (Lipinski definition) is 2. The van der Waals surface area contributed by atoms with Gasteiger partial charge in [-0.15, -0.1) is 0 Å². The molecule has 0 aliphatic heterocycles. The molecule has 1 aromatic carbocycles. The molecule has 2 amide bonds. The van der Waals surface area contributed by atoms with Crippen LogP contribution in [0.25, 0.3) is 0 Å². The predicted octanol–water partition coefficient (Wildman–Crippen LogP) is 1.61. The van der Waals surface area contributed by atoms with Crippen molar-refractivity contribution in [1.82, 2.24) is 10.2 Å². The zero-order valence-electron chi connectivity index (χ0n) is 12.0. The van der Waals surface area contributed by atoms with Gasteiger partial charge in [0.25, 0.3) is 0 Å². The SMILES string of the molecule is COc1cccc(CNC(=O)N(C)CC(O)C2CC2)c1. The first kappa shape index (κ1) is 14.7. The number of urea groups is 1. The maximum atomic E-state index is 11.9. The van der Waals surface area contributed by atoms with Gasteiger partial charge in [-0.25, -0.2) is 4.79 Å². The number of aliphatic hydroxyl groups is 1. The van der Waals surface area contributed by atoms with Crippen LogP contribution in [0.1, 0.15) is 18.4 Å².